The zero-order valence-corrected chi connectivity index (χ0v) is 15.7. The van der Waals surface area contributed by atoms with Crippen LogP contribution in [0.15, 0.2) is 23.1 Å². The van der Waals surface area contributed by atoms with Crippen LogP contribution < -0.4 is 10.0 Å². The summed E-state index contributed by atoms with van der Waals surface area (Å²) >= 11 is 0. The van der Waals surface area contributed by atoms with Crippen LogP contribution in [0.4, 0.5) is 11.4 Å². The quantitative estimate of drug-likeness (QED) is 0.562. The predicted octanol–water partition coefficient (Wildman–Crippen LogP) is 2.04. The number of likely N-dealkylation sites (tertiary alicyclic amines) is 1. The smallest absolute Gasteiger partial charge is 0.293 e. The van der Waals surface area contributed by atoms with Crippen molar-refractivity contribution < 1.29 is 13.3 Å². The average molecular weight is 370 g/mol. The van der Waals surface area contributed by atoms with Crippen LogP contribution in [0.25, 0.3) is 0 Å². The number of benzene rings is 1. The molecule has 0 bridgehead atoms. The molecule has 0 radical (unpaired) electrons. The minimum Gasteiger partial charge on any atom is -0.378 e. The van der Waals surface area contributed by atoms with Gasteiger partial charge >= 0.3 is 0 Å². The Hall–Kier alpha value is -1.71. The molecular formula is C16H26N4O4S. The zero-order valence-electron chi connectivity index (χ0n) is 14.9. The number of hydrogen-bond donors (Lipinski definition) is 2. The molecule has 9 heteroatoms. The van der Waals surface area contributed by atoms with E-state index in [2.05, 4.69) is 28.8 Å². The molecule has 2 unspecified atom stereocenters. The van der Waals surface area contributed by atoms with Crippen LogP contribution >= 0.6 is 0 Å². The van der Waals surface area contributed by atoms with Gasteiger partial charge in [0.25, 0.3) is 5.69 Å². The Morgan fingerprint density at radius 1 is 1.44 bits per heavy atom. The second kappa shape index (κ2) is 8.11. The molecular weight excluding hydrogens is 344 g/mol. The maximum Gasteiger partial charge on any atom is 0.293 e. The van der Waals surface area contributed by atoms with E-state index in [9.17, 15) is 18.5 Å². The third-order valence-corrected chi connectivity index (χ3v) is 6.06. The lowest BCUT2D eigenvalue weighted by Crippen LogP contribution is -2.43. The van der Waals surface area contributed by atoms with Crippen LogP contribution in [0.2, 0.25) is 0 Å². The molecule has 0 amide bonds. The van der Waals surface area contributed by atoms with Crippen molar-refractivity contribution in [1.82, 2.24) is 9.62 Å². The molecule has 1 aliphatic rings. The van der Waals surface area contributed by atoms with Crippen LogP contribution in [-0.2, 0) is 10.0 Å². The van der Waals surface area contributed by atoms with Gasteiger partial charge in [-0.3, -0.25) is 15.0 Å². The average Bonchev–Trinajstić information content (AvgIpc) is 2.59. The second-order valence-electron chi connectivity index (χ2n) is 6.62. The van der Waals surface area contributed by atoms with E-state index in [1.165, 1.54) is 32.0 Å². The maximum atomic E-state index is 11.8. The van der Waals surface area contributed by atoms with E-state index in [0.717, 1.165) is 19.2 Å². The number of nitro benzene ring substituents is 1. The van der Waals surface area contributed by atoms with Gasteiger partial charge in [-0.2, -0.15) is 0 Å². The highest BCUT2D eigenvalue weighted by molar-refractivity contribution is 7.89. The minimum absolute atomic E-state index is 0.120. The molecule has 1 aromatic rings. The van der Waals surface area contributed by atoms with E-state index in [1.54, 1.807) is 0 Å². The number of sulfonamides is 1. The van der Waals surface area contributed by atoms with Crippen molar-refractivity contribution in [3.63, 3.8) is 0 Å². The fourth-order valence-corrected chi connectivity index (χ4v) is 3.86. The Bertz CT molecular complexity index is 723. The van der Waals surface area contributed by atoms with Crippen molar-refractivity contribution in [3.05, 3.63) is 28.3 Å². The lowest BCUT2D eigenvalue weighted by molar-refractivity contribution is -0.384. The van der Waals surface area contributed by atoms with Gasteiger partial charge in [0.1, 0.15) is 5.69 Å². The van der Waals surface area contributed by atoms with Gasteiger partial charge in [-0.15, -0.1) is 0 Å². The molecule has 1 saturated heterocycles. The molecule has 0 aromatic heterocycles. The first-order valence-electron chi connectivity index (χ1n) is 8.44. The molecule has 1 aromatic carbocycles. The molecule has 0 aliphatic carbocycles. The highest BCUT2D eigenvalue weighted by Gasteiger charge is 2.23. The number of nitro groups is 1. The first-order chi connectivity index (χ1) is 11.7. The molecule has 25 heavy (non-hydrogen) atoms. The Balaban J connectivity index is 2.12. The van der Waals surface area contributed by atoms with E-state index in [0.29, 0.717) is 18.2 Å². The minimum atomic E-state index is -3.72. The maximum absolute atomic E-state index is 11.8. The summed E-state index contributed by atoms with van der Waals surface area (Å²) in [5, 5.41) is 14.4. The van der Waals surface area contributed by atoms with Crippen LogP contribution in [0, 0.1) is 16.0 Å². The topological polar surface area (TPSA) is 105 Å². The highest BCUT2D eigenvalue weighted by atomic mass is 32.2. The zero-order chi connectivity index (χ0) is 18.6. The molecule has 8 nitrogen and oxygen atoms in total. The van der Waals surface area contributed by atoms with Gasteiger partial charge in [-0.25, -0.2) is 13.1 Å². The predicted molar refractivity (Wildman–Crippen MR) is 97.3 cm³/mol. The van der Waals surface area contributed by atoms with Gasteiger partial charge in [-0.05, 0) is 51.4 Å². The molecule has 2 rings (SSSR count). The summed E-state index contributed by atoms with van der Waals surface area (Å²) in [4.78, 5) is 13.0. The molecule has 1 heterocycles. The summed E-state index contributed by atoms with van der Waals surface area (Å²) in [6.45, 7) is 6.96. The first-order valence-corrected chi connectivity index (χ1v) is 9.93. The lowest BCUT2D eigenvalue weighted by Gasteiger charge is -2.35. The Labute approximate surface area is 148 Å². The highest BCUT2D eigenvalue weighted by Crippen LogP contribution is 2.28. The molecule has 1 aliphatic heterocycles. The van der Waals surface area contributed by atoms with Crippen LogP contribution in [0.3, 0.4) is 0 Å². The molecule has 0 saturated carbocycles. The molecule has 2 atom stereocenters. The molecule has 0 spiro atoms. The van der Waals surface area contributed by atoms with Crippen LogP contribution in [0.1, 0.15) is 26.7 Å². The lowest BCUT2D eigenvalue weighted by atomic mass is 9.99. The third kappa shape index (κ3) is 4.90. The third-order valence-electron chi connectivity index (χ3n) is 4.64. The van der Waals surface area contributed by atoms with Crippen molar-refractivity contribution in [1.29, 1.82) is 0 Å². The first kappa shape index (κ1) is 19.6. The Kier molecular flexibility index (Phi) is 6.36. The molecule has 2 N–H and O–H groups in total. The number of piperidine rings is 1. The van der Waals surface area contributed by atoms with Gasteiger partial charge < -0.3 is 5.32 Å². The van der Waals surface area contributed by atoms with Crippen molar-refractivity contribution in [3.8, 4) is 0 Å². The monoisotopic (exact) mass is 370 g/mol. The number of rotatable bonds is 7. The summed E-state index contributed by atoms with van der Waals surface area (Å²) in [5.74, 6) is 0.663. The van der Waals surface area contributed by atoms with Gasteiger partial charge in [0, 0.05) is 25.2 Å². The molecule has 140 valence electrons. The van der Waals surface area contributed by atoms with Gasteiger partial charge in [0.15, 0.2) is 0 Å². The fraction of sp³-hybridized carbons (Fsp3) is 0.625. The Morgan fingerprint density at radius 3 is 2.76 bits per heavy atom. The van der Waals surface area contributed by atoms with E-state index in [1.807, 2.05) is 0 Å². The number of anilines is 1. The summed E-state index contributed by atoms with van der Waals surface area (Å²) < 4.78 is 25.8. The van der Waals surface area contributed by atoms with Crippen LogP contribution in [-0.4, -0.2) is 51.0 Å². The summed E-state index contributed by atoms with van der Waals surface area (Å²) in [6, 6.07) is 4.15. The van der Waals surface area contributed by atoms with Crippen LogP contribution in [0.5, 0.6) is 0 Å². The van der Waals surface area contributed by atoms with Gasteiger partial charge in [-0.1, -0.05) is 6.92 Å². The van der Waals surface area contributed by atoms with E-state index >= 15 is 0 Å². The van der Waals surface area contributed by atoms with Crippen molar-refractivity contribution >= 4 is 21.4 Å². The van der Waals surface area contributed by atoms with Gasteiger partial charge in [0.05, 0.1) is 9.82 Å². The van der Waals surface area contributed by atoms with Crippen molar-refractivity contribution in [2.45, 2.75) is 37.6 Å². The molecule has 1 fully saturated rings. The Morgan fingerprint density at radius 2 is 2.16 bits per heavy atom. The van der Waals surface area contributed by atoms with Crippen molar-refractivity contribution in [2.24, 2.45) is 5.92 Å². The standard InChI is InChI=1S/C16H26N4O4S/c1-12-5-4-8-19(11-12)13(2)10-18-15-7-6-14(25(23,24)17-3)9-16(15)20(21)22/h6-7,9,12-13,17-18H,4-5,8,10-11H2,1-3H3. The second-order valence-corrected chi connectivity index (χ2v) is 8.50. The number of nitrogens with zero attached hydrogens (tertiary/aromatic N) is 2. The number of hydrogen-bond acceptors (Lipinski definition) is 6. The van der Waals surface area contributed by atoms with E-state index in [-0.39, 0.29) is 16.6 Å². The largest absolute Gasteiger partial charge is 0.378 e. The van der Waals surface area contributed by atoms with Crippen molar-refractivity contribution in [2.75, 3.05) is 32.0 Å². The summed E-state index contributed by atoms with van der Waals surface area (Å²) in [7, 11) is -2.44. The summed E-state index contributed by atoms with van der Waals surface area (Å²) in [5.41, 5.74) is 0.0903. The van der Waals surface area contributed by atoms with E-state index in [4.69, 9.17) is 0 Å². The van der Waals surface area contributed by atoms with Gasteiger partial charge in [0.2, 0.25) is 10.0 Å². The fourth-order valence-electron chi connectivity index (χ4n) is 3.11. The van der Waals surface area contributed by atoms with E-state index < -0.39 is 14.9 Å². The normalized spacial score (nSPS) is 20.2. The summed E-state index contributed by atoms with van der Waals surface area (Å²) in [6.07, 6.45) is 2.41. The number of nitrogens with one attached hydrogen (secondary N) is 2. The SMILES string of the molecule is CNS(=O)(=O)c1ccc(NCC(C)N2CCCC(C)C2)c([N+](=O)[O-])c1.